The SMILES string of the molecule is O=C1Nc2ccc(F)cc2C(CCc2ccccc2)(c2ccccc2)N1CC(F)F. The number of carbonyl (C=O) groups excluding carboxylic acids is 1. The Balaban J connectivity index is 1.93. The highest BCUT2D eigenvalue weighted by Gasteiger charge is 2.48. The molecule has 0 saturated heterocycles. The Morgan fingerprint density at radius 2 is 1.60 bits per heavy atom. The number of nitrogens with zero attached hydrogens (tertiary/aromatic N) is 1. The Kier molecular flexibility index (Phi) is 5.48. The third-order valence-electron chi connectivity index (χ3n) is 5.56. The average molecular weight is 410 g/mol. The molecule has 1 heterocycles. The highest BCUT2D eigenvalue weighted by molar-refractivity contribution is 5.94. The number of benzene rings is 3. The van der Waals surface area contributed by atoms with Gasteiger partial charge in [-0.3, -0.25) is 0 Å². The van der Waals surface area contributed by atoms with E-state index < -0.39 is 30.4 Å². The Bertz CT molecular complexity index is 1030. The lowest BCUT2D eigenvalue weighted by Crippen LogP contribution is -2.57. The smallest absolute Gasteiger partial charge is 0.307 e. The Morgan fingerprint density at radius 3 is 2.27 bits per heavy atom. The van der Waals surface area contributed by atoms with Crippen LogP contribution in [-0.2, 0) is 12.0 Å². The summed E-state index contributed by atoms with van der Waals surface area (Å²) in [5.41, 5.74) is 1.36. The molecular weight excluding hydrogens is 389 g/mol. The Hall–Kier alpha value is -3.28. The van der Waals surface area contributed by atoms with Crippen molar-refractivity contribution >= 4 is 11.7 Å². The van der Waals surface area contributed by atoms with Gasteiger partial charge in [0.05, 0.1) is 12.1 Å². The van der Waals surface area contributed by atoms with Crippen molar-refractivity contribution in [3.05, 3.63) is 101 Å². The van der Waals surface area contributed by atoms with E-state index in [0.29, 0.717) is 29.7 Å². The van der Waals surface area contributed by atoms with E-state index in [-0.39, 0.29) is 0 Å². The standard InChI is InChI=1S/C24H21F3N2O/c25-19-11-12-21-20(15-19)24(18-9-5-2-6-10-18,14-13-17-7-3-1-4-8-17)29(16-22(26)27)23(30)28-21/h1-12,15,22H,13-14,16H2,(H,28,30). The molecule has 0 spiro atoms. The zero-order valence-corrected chi connectivity index (χ0v) is 16.2. The molecule has 6 heteroatoms. The predicted molar refractivity (Wildman–Crippen MR) is 110 cm³/mol. The maximum Gasteiger partial charge on any atom is 0.323 e. The molecule has 1 aliphatic heterocycles. The van der Waals surface area contributed by atoms with Gasteiger partial charge < -0.3 is 10.2 Å². The van der Waals surface area contributed by atoms with Crippen LogP contribution in [0.2, 0.25) is 0 Å². The maximum atomic E-state index is 14.3. The average Bonchev–Trinajstić information content (AvgIpc) is 2.75. The van der Waals surface area contributed by atoms with E-state index in [4.69, 9.17) is 0 Å². The number of carbonyl (C=O) groups is 1. The van der Waals surface area contributed by atoms with Crippen LogP contribution in [0.4, 0.5) is 23.7 Å². The van der Waals surface area contributed by atoms with Crippen LogP contribution in [0, 0.1) is 5.82 Å². The summed E-state index contributed by atoms with van der Waals surface area (Å²) >= 11 is 0. The number of halogens is 3. The van der Waals surface area contributed by atoms with Crippen LogP contribution in [0.25, 0.3) is 0 Å². The fourth-order valence-electron chi connectivity index (χ4n) is 4.25. The molecule has 0 bridgehead atoms. The van der Waals surface area contributed by atoms with Crippen LogP contribution in [0.1, 0.15) is 23.1 Å². The van der Waals surface area contributed by atoms with Gasteiger partial charge in [0.15, 0.2) is 0 Å². The van der Waals surface area contributed by atoms with Crippen LogP contribution in [0.15, 0.2) is 78.9 Å². The largest absolute Gasteiger partial charge is 0.323 e. The van der Waals surface area contributed by atoms with Crippen molar-refractivity contribution in [3.63, 3.8) is 0 Å². The molecule has 1 aliphatic rings. The molecule has 2 amide bonds. The molecule has 3 aromatic rings. The molecule has 4 rings (SSSR count). The normalized spacial score (nSPS) is 18.3. The molecule has 1 unspecified atom stereocenters. The van der Waals surface area contributed by atoms with Crippen molar-refractivity contribution in [1.29, 1.82) is 0 Å². The van der Waals surface area contributed by atoms with E-state index in [1.165, 1.54) is 18.2 Å². The molecule has 3 aromatic carbocycles. The van der Waals surface area contributed by atoms with Gasteiger partial charge in [-0.25, -0.2) is 18.0 Å². The lowest BCUT2D eigenvalue weighted by atomic mass is 9.75. The molecule has 3 nitrogen and oxygen atoms in total. The second kappa shape index (κ2) is 8.22. The number of fused-ring (bicyclic) bond motifs is 1. The van der Waals surface area contributed by atoms with Crippen LogP contribution >= 0.6 is 0 Å². The number of anilines is 1. The van der Waals surface area contributed by atoms with Crippen molar-refractivity contribution in [2.75, 3.05) is 11.9 Å². The second-order valence-corrected chi connectivity index (χ2v) is 7.33. The molecule has 1 atom stereocenters. The van der Waals surface area contributed by atoms with Crippen molar-refractivity contribution in [2.45, 2.75) is 24.8 Å². The van der Waals surface area contributed by atoms with Gasteiger partial charge in [0.1, 0.15) is 5.82 Å². The first-order chi connectivity index (χ1) is 14.5. The zero-order valence-electron chi connectivity index (χ0n) is 16.2. The predicted octanol–water partition coefficient (Wildman–Crippen LogP) is 5.81. The molecule has 0 fully saturated rings. The molecule has 0 aliphatic carbocycles. The van der Waals surface area contributed by atoms with E-state index in [1.54, 1.807) is 24.3 Å². The van der Waals surface area contributed by atoms with Gasteiger partial charge in [-0.2, -0.15) is 0 Å². The summed E-state index contributed by atoms with van der Waals surface area (Å²) in [7, 11) is 0. The van der Waals surface area contributed by atoms with Crippen LogP contribution in [0.3, 0.4) is 0 Å². The van der Waals surface area contributed by atoms with E-state index in [9.17, 15) is 18.0 Å². The van der Waals surface area contributed by atoms with Gasteiger partial charge in [0, 0.05) is 11.3 Å². The third kappa shape index (κ3) is 3.65. The first-order valence-corrected chi connectivity index (χ1v) is 9.77. The van der Waals surface area contributed by atoms with Crippen LogP contribution < -0.4 is 5.32 Å². The first-order valence-electron chi connectivity index (χ1n) is 9.77. The molecule has 154 valence electrons. The second-order valence-electron chi connectivity index (χ2n) is 7.33. The molecule has 0 radical (unpaired) electrons. The number of nitrogens with one attached hydrogen (secondary N) is 1. The van der Waals surface area contributed by atoms with Gasteiger partial charge in [0.25, 0.3) is 6.43 Å². The summed E-state index contributed by atoms with van der Waals surface area (Å²) in [5.74, 6) is -0.484. The van der Waals surface area contributed by atoms with Crippen molar-refractivity contribution < 1.29 is 18.0 Å². The van der Waals surface area contributed by atoms with Gasteiger partial charge in [0.2, 0.25) is 0 Å². The third-order valence-corrected chi connectivity index (χ3v) is 5.56. The highest BCUT2D eigenvalue weighted by Crippen LogP contribution is 2.46. The zero-order chi connectivity index (χ0) is 21.1. The number of rotatable bonds is 6. The fraction of sp³-hybridized carbons (Fsp3) is 0.208. The number of alkyl halides is 2. The summed E-state index contributed by atoms with van der Waals surface area (Å²) < 4.78 is 41.5. The molecule has 0 saturated carbocycles. The summed E-state index contributed by atoms with van der Waals surface area (Å²) in [5, 5.41) is 2.65. The minimum Gasteiger partial charge on any atom is -0.307 e. The molecule has 0 aromatic heterocycles. The quantitative estimate of drug-likeness (QED) is 0.546. The molecule has 1 N–H and O–H groups in total. The van der Waals surface area contributed by atoms with Gasteiger partial charge in [-0.15, -0.1) is 0 Å². The van der Waals surface area contributed by atoms with E-state index in [2.05, 4.69) is 5.32 Å². The lowest BCUT2D eigenvalue weighted by molar-refractivity contribution is 0.0556. The van der Waals surface area contributed by atoms with E-state index >= 15 is 0 Å². The van der Waals surface area contributed by atoms with Crippen LogP contribution in [0.5, 0.6) is 0 Å². The topological polar surface area (TPSA) is 32.3 Å². The number of aryl methyl sites for hydroxylation is 1. The summed E-state index contributed by atoms with van der Waals surface area (Å²) in [6.45, 7) is -0.758. The fourth-order valence-corrected chi connectivity index (χ4v) is 4.25. The van der Waals surface area contributed by atoms with Gasteiger partial charge >= 0.3 is 6.03 Å². The summed E-state index contributed by atoms with van der Waals surface area (Å²) in [6, 6.07) is 22.1. The lowest BCUT2D eigenvalue weighted by Gasteiger charge is -2.48. The number of amides is 2. The highest BCUT2D eigenvalue weighted by atomic mass is 19.3. The van der Waals surface area contributed by atoms with E-state index in [0.717, 1.165) is 10.5 Å². The monoisotopic (exact) mass is 410 g/mol. The Labute approximate surface area is 173 Å². The van der Waals surface area contributed by atoms with Gasteiger partial charge in [-0.1, -0.05) is 60.7 Å². The first kappa shape index (κ1) is 20.0. The van der Waals surface area contributed by atoms with Crippen molar-refractivity contribution in [2.24, 2.45) is 0 Å². The minimum atomic E-state index is -2.73. The van der Waals surface area contributed by atoms with Crippen molar-refractivity contribution in [1.82, 2.24) is 4.90 Å². The van der Waals surface area contributed by atoms with E-state index in [1.807, 2.05) is 36.4 Å². The minimum absolute atomic E-state index is 0.331. The van der Waals surface area contributed by atoms with Crippen molar-refractivity contribution in [3.8, 4) is 0 Å². The number of hydrogen-bond donors (Lipinski definition) is 1. The number of urea groups is 1. The summed E-state index contributed by atoms with van der Waals surface area (Å²) in [4.78, 5) is 14.1. The summed E-state index contributed by atoms with van der Waals surface area (Å²) in [6.07, 6.45) is -1.87. The van der Waals surface area contributed by atoms with Gasteiger partial charge in [-0.05, 0) is 42.2 Å². The number of hydrogen-bond acceptors (Lipinski definition) is 1. The maximum absolute atomic E-state index is 14.3. The Morgan fingerprint density at radius 1 is 0.933 bits per heavy atom. The molecule has 30 heavy (non-hydrogen) atoms. The van der Waals surface area contributed by atoms with Crippen LogP contribution in [-0.4, -0.2) is 23.9 Å². The molecular formula is C24H21F3N2O.